The van der Waals surface area contributed by atoms with Crippen LogP contribution in [0, 0.1) is 0 Å². The number of benzene rings is 2. The smallest absolute Gasteiger partial charge is 0.335 e. The van der Waals surface area contributed by atoms with E-state index in [9.17, 15) is 13.2 Å². The predicted octanol–water partition coefficient (Wildman–Crippen LogP) is 3.51. The van der Waals surface area contributed by atoms with Gasteiger partial charge in [-0.25, -0.2) is 13.2 Å². The highest BCUT2D eigenvalue weighted by Crippen LogP contribution is 2.23. The normalized spacial score (nSPS) is 11.2. The number of rotatable bonds is 5. The molecule has 116 valence electrons. The van der Waals surface area contributed by atoms with Crippen molar-refractivity contribution < 1.29 is 18.3 Å². The van der Waals surface area contributed by atoms with Crippen molar-refractivity contribution in [2.75, 3.05) is 4.72 Å². The molecule has 0 aliphatic carbocycles. The minimum absolute atomic E-state index is 0.0186. The van der Waals surface area contributed by atoms with E-state index in [1.165, 1.54) is 18.2 Å². The lowest BCUT2D eigenvalue weighted by Crippen LogP contribution is -2.16. The number of aryl methyl sites for hydroxylation is 1. The van der Waals surface area contributed by atoms with Crippen molar-refractivity contribution in [3.05, 3.63) is 58.1 Å². The van der Waals surface area contributed by atoms with Crippen LogP contribution in [-0.2, 0) is 16.4 Å². The van der Waals surface area contributed by atoms with Crippen LogP contribution >= 0.6 is 15.9 Å². The van der Waals surface area contributed by atoms with Crippen LogP contribution in [0.3, 0.4) is 0 Å². The number of anilines is 1. The van der Waals surface area contributed by atoms with Gasteiger partial charge in [0.15, 0.2) is 0 Å². The van der Waals surface area contributed by atoms with Gasteiger partial charge in [-0.3, -0.25) is 4.72 Å². The summed E-state index contributed by atoms with van der Waals surface area (Å²) in [6, 6.07) is 10.8. The van der Waals surface area contributed by atoms with E-state index in [4.69, 9.17) is 5.11 Å². The molecule has 0 spiro atoms. The summed E-state index contributed by atoms with van der Waals surface area (Å²) >= 11 is 3.27. The molecule has 0 bridgehead atoms. The fraction of sp³-hybridized carbons (Fsp3) is 0.133. The van der Waals surface area contributed by atoms with E-state index in [-0.39, 0.29) is 10.5 Å². The first kappa shape index (κ1) is 16.5. The topological polar surface area (TPSA) is 83.5 Å². The molecular weight excluding hydrogens is 370 g/mol. The third-order valence-corrected chi connectivity index (χ3v) is 5.02. The van der Waals surface area contributed by atoms with E-state index in [1.54, 1.807) is 24.3 Å². The standard InChI is InChI=1S/C15H14BrNO4S/c1-2-10-6-7-11(15(18)19)8-14(10)22(20,21)17-13-5-3-4-12(16)9-13/h3-9,17H,2H2,1H3,(H,18,19). The van der Waals surface area contributed by atoms with Crippen molar-refractivity contribution >= 4 is 37.6 Å². The SMILES string of the molecule is CCc1ccc(C(=O)O)cc1S(=O)(=O)Nc1cccc(Br)c1. The van der Waals surface area contributed by atoms with Gasteiger partial charge in [-0.2, -0.15) is 0 Å². The van der Waals surface area contributed by atoms with Crippen molar-refractivity contribution in [1.82, 2.24) is 0 Å². The molecule has 0 radical (unpaired) electrons. The summed E-state index contributed by atoms with van der Waals surface area (Å²) < 4.78 is 28.3. The number of carboxylic acid groups (broad SMARTS) is 1. The van der Waals surface area contributed by atoms with Gasteiger partial charge in [-0.05, 0) is 42.3 Å². The monoisotopic (exact) mass is 383 g/mol. The highest BCUT2D eigenvalue weighted by molar-refractivity contribution is 9.10. The maximum atomic E-state index is 12.5. The average molecular weight is 384 g/mol. The molecule has 0 aliphatic heterocycles. The first-order valence-corrected chi connectivity index (χ1v) is 8.75. The van der Waals surface area contributed by atoms with Gasteiger partial charge in [0.2, 0.25) is 0 Å². The van der Waals surface area contributed by atoms with E-state index in [2.05, 4.69) is 20.7 Å². The van der Waals surface area contributed by atoms with E-state index in [0.717, 1.165) is 4.47 Å². The Balaban J connectivity index is 2.48. The van der Waals surface area contributed by atoms with E-state index < -0.39 is 16.0 Å². The van der Waals surface area contributed by atoms with Crippen molar-refractivity contribution in [3.8, 4) is 0 Å². The fourth-order valence-electron chi connectivity index (χ4n) is 1.99. The molecule has 0 fully saturated rings. The lowest BCUT2D eigenvalue weighted by molar-refractivity contribution is 0.0696. The second-order valence-corrected chi connectivity index (χ2v) is 7.16. The summed E-state index contributed by atoms with van der Waals surface area (Å²) in [5.41, 5.74) is 0.900. The van der Waals surface area contributed by atoms with Crippen LogP contribution in [0.2, 0.25) is 0 Å². The van der Waals surface area contributed by atoms with E-state index in [0.29, 0.717) is 17.7 Å². The predicted molar refractivity (Wildman–Crippen MR) is 87.7 cm³/mol. The maximum absolute atomic E-state index is 12.5. The summed E-state index contributed by atoms with van der Waals surface area (Å²) in [6.07, 6.45) is 0.481. The molecule has 0 aliphatic rings. The van der Waals surface area contributed by atoms with Gasteiger partial charge in [0.25, 0.3) is 10.0 Å². The molecule has 0 saturated carbocycles. The zero-order valence-corrected chi connectivity index (χ0v) is 14.1. The Bertz CT molecular complexity index is 818. The molecule has 0 aromatic heterocycles. The summed E-state index contributed by atoms with van der Waals surface area (Å²) in [5.74, 6) is -1.17. The summed E-state index contributed by atoms with van der Waals surface area (Å²) in [4.78, 5) is 11.0. The van der Waals surface area contributed by atoms with Gasteiger partial charge in [-0.15, -0.1) is 0 Å². The Kier molecular flexibility index (Phi) is 4.87. The Labute approximate surface area is 137 Å². The zero-order valence-electron chi connectivity index (χ0n) is 11.7. The van der Waals surface area contributed by atoms with Gasteiger partial charge in [-0.1, -0.05) is 35.0 Å². The molecular formula is C15H14BrNO4S. The van der Waals surface area contributed by atoms with Gasteiger partial charge >= 0.3 is 5.97 Å². The summed E-state index contributed by atoms with van der Waals surface area (Å²) in [5, 5.41) is 9.04. The number of carbonyl (C=O) groups is 1. The van der Waals surface area contributed by atoms with Gasteiger partial charge in [0, 0.05) is 10.2 Å². The Morgan fingerprint density at radius 1 is 1.23 bits per heavy atom. The second kappa shape index (κ2) is 6.50. The fourth-order valence-corrected chi connectivity index (χ4v) is 3.78. The van der Waals surface area contributed by atoms with Gasteiger partial charge in [0.1, 0.15) is 0 Å². The molecule has 22 heavy (non-hydrogen) atoms. The second-order valence-electron chi connectivity index (χ2n) is 4.60. The molecule has 0 unspecified atom stereocenters. The number of carboxylic acids is 1. The molecule has 0 saturated heterocycles. The number of aromatic carboxylic acids is 1. The molecule has 7 heteroatoms. The third kappa shape index (κ3) is 3.66. The minimum atomic E-state index is -3.86. The number of sulfonamides is 1. The lowest BCUT2D eigenvalue weighted by Gasteiger charge is -2.12. The lowest BCUT2D eigenvalue weighted by atomic mass is 10.1. The van der Waals surface area contributed by atoms with Crippen LogP contribution < -0.4 is 4.72 Å². The molecule has 2 aromatic rings. The number of nitrogens with one attached hydrogen (secondary N) is 1. The van der Waals surface area contributed by atoms with Gasteiger partial charge in [0.05, 0.1) is 10.5 Å². The first-order valence-electron chi connectivity index (χ1n) is 6.48. The zero-order chi connectivity index (χ0) is 16.3. The summed E-state index contributed by atoms with van der Waals surface area (Å²) in [7, 11) is -3.86. The van der Waals surface area contributed by atoms with Crippen molar-refractivity contribution in [3.63, 3.8) is 0 Å². The Hall–Kier alpha value is -1.86. The Morgan fingerprint density at radius 2 is 1.95 bits per heavy atom. The van der Waals surface area contributed by atoms with E-state index >= 15 is 0 Å². The molecule has 5 nitrogen and oxygen atoms in total. The highest BCUT2D eigenvalue weighted by atomic mass is 79.9. The third-order valence-electron chi connectivity index (χ3n) is 3.06. The quantitative estimate of drug-likeness (QED) is 0.827. The van der Waals surface area contributed by atoms with Crippen LogP contribution in [0.5, 0.6) is 0 Å². The van der Waals surface area contributed by atoms with Gasteiger partial charge < -0.3 is 5.11 Å². The number of hydrogen-bond donors (Lipinski definition) is 2. The van der Waals surface area contributed by atoms with Crippen LogP contribution in [0.4, 0.5) is 5.69 Å². The number of halogens is 1. The van der Waals surface area contributed by atoms with E-state index in [1.807, 2.05) is 6.92 Å². The summed E-state index contributed by atoms with van der Waals surface area (Å²) in [6.45, 7) is 1.81. The first-order chi connectivity index (χ1) is 10.3. The molecule has 0 amide bonds. The van der Waals surface area contributed by atoms with Crippen LogP contribution in [0.15, 0.2) is 51.8 Å². The van der Waals surface area contributed by atoms with Crippen LogP contribution in [0.25, 0.3) is 0 Å². The van der Waals surface area contributed by atoms with Crippen molar-refractivity contribution in [1.29, 1.82) is 0 Å². The minimum Gasteiger partial charge on any atom is -0.478 e. The molecule has 2 aromatic carbocycles. The molecule has 0 heterocycles. The Morgan fingerprint density at radius 3 is 2.55 bits per heavy atom. The molecule has 2 rings (SSSR count). The van der Waals surface area contributed by atoms with Crippen molar-refractivity contribution in [2.45, 2.75) is 18.2 Å². The maximum Gasteiger partial charge on any atom is 0.335 e. The largest absolute Gasteiger partial charge is 0.478 e. The molecule has 2 N–H and O–H groups in total. The van der Waals surface area contributed by atoms with Crippen LogP contribution in [-0.4, -0.2) is 19.5 Å². The average Bonchev–Trinajstić information content (AvgIpc) is 2.46. The highest BCUT2D eigenvalue weighted by Gasteiger charge is 2.20. The van der Waals surface area contributed by atoms with Crippen LogP contribution in [0.1, 0.15) is 22.8 Å². The molecule has 0 atom stereocenters. The van der Waals surface area contributed by atoms with Crippen molar-refractivity contribution in [2.24, 2.45) is 0 Å². The number of hydrogen-bond acceptors (Lipinski definition) is 3.